The Labute approximate surface area is 165 Å². The maximum atomic E-state index is 13.6. The van der Waals surface area contributed by atoms with Gasteiger partial charge in [-0.15, -0.1) is 12.3 Å². The van der Waals surface area contributed by atoms with Crippen molar-refractivity contribution >= 4 is 11.6 Å². The molecule has 0 aliphatic carbocycles. The quantitative estimate of drug-likeness (QED) is 0.469. The molecule has 0 spiro atoms. The third-order valence-corrected chi connectivity index (χ3v) is 4.33. The number of halogens is 4. The molecule has 0 bridgehead atoms. The van der Waals surface area contributed by atoms with Gasteiger partial charge in [-0.1, -0.05) is 24.3 Å². The topological polar surface area (TPSA) is 34.0 Å². The average Bonchev–Trinajstić information content (AvgIpc) is 3.05. The number of nitrogens with zero attached hydrogens (tertiary/aromatic N) is 1. The van der Waals surface area contributed by atoms with Gasteiger partial charge in [0.15, 0.2) is 0 Å². The highest BCUT2D eigenvalue weighted by atomic mass is 19.4. The highest BCUT2D eigenvalue weighted by molar-refractivity contribution is 6.07. The van der Waals surface area contributed by atoms with Gasteiger partial charge < -0.3 is 9.88 Å². The van der Waals surface area contributed by atoms with Crippen molar-refractivity contribution in [2.45, 2.75) is 12.6 Å². The Balaban J connectivity index is 2.02. The van der Waals surface area contributed by atoms with Crippen LogP contribution in [0.4, 0.5) is 23.2 Å². The Hall–Kier alpha value is -3.53. The van der Waals surface area contributed by atoms with Crippen LogP contribution in [0.2, 0.25) is 0 Å². The van der Waals surface area contributed by atoms with E-state index in [2.05, 4.69) is 11.2 Å². The van der Waals surface area contributed by atoms with Crippen LogP contribution in [0.25, 0.3) is 11.1 Å². The highest BCUT2D eigenvalue weighted by Crippen LogP contribution is 2.35. The maximum Gasteiger partial charge on any atom is 0.418 e. The van der Waals surface area contributed by atoms with Crippen LogP contribution in [0.5, 0.6) is 0 Å². The van der Waals surface area contributed by atoms with Crippen LogP contribution in [0.3, 0.4) is 0 Å². The van der Waals surface area contributed by atoms with Gasteiger partial charge in [0.1, 0.15) is 5.82 Å². The first-order valence-electron chi connectivity index (χ1n) is 8.56. The summed E-state index contributed by atoms with van der Waals surface area (Å²) in [4.78, 5) is 12.6. The smallest absolute Gasteiger partial charge is 0.356 e. The van der Waals surface area contributed by atoms with Gasteiger partial charge in [0.05, 0.1) is 11.1 Å². The Morgan fingerprint density at radius 3 is 2.55 bits per heavy atom. The van der Waals surface area contributed by atoms with Crippen molar-refractivity contribution in [1.29, 1.82) is 0 Å². The van der Waals surface area contributed by atoms with Crippen molar-refractivity contribution < 1.29 is 22.4 Å². The number of aryl methyl sites for hydroxylation is 1. The van der Waals surface area contributed by atoms with Crippen LogP contribution in [0.1, 0.15) is 21.5 Å². The lowest BCUT2D eigenvalue weighted by Crippen LogP contribution is -2.17. The number of rotatable bonds is 4. The van der Waals surface area contributed by atoms with E-state index in [9.17, 15) is 22.4 Å². The standard InChI is InChI=1S/C22H16F4N2O/c1-3-6-14-11-15(23)9-10-16(14)17-7-4-5-8-20(17)27-21(29)18-12-28(2)13-19(18)22(24,25)26/h1,4-5,7-13H,6H2,2H3,(H,27,29). The number of hydrogen-bond donors (Lipinski definition) is 1. The van der Waals surface area contributed by atoms with E-state index in [4.69, 9.17) is 6.42 Å². The molecule has 1 amide bonds. The number of benzene rings is 2. The summed E-state index contributed by atoms with van der Waals surface area (Å²) in [5.74, 6) is 1.10. The Morgan fingerprint density at radius 2 is 1.86 bits per heavy atom. The number of anilines is 1. The Bertz CT molecular complexity index is 1110. The van der Waals surface area contributed by atoms with Crippen molar-refractivity contribution in [2.24, 2.45) is 7.05 Å². The molecule has 0 atom stereocenters. The van der Waals surface area contributed by atoms with Gasteiger partial charge in [0, 0.05) is 37.1 Å². The van der Waals surface area contributed by atoms with Crippen LogP contribution < -0.4 is 5.32 Å². The number of hydrogen-bond acceptors (Lipinski definition) is 1. The fourth-order valence-corrected chi connectivity index (χ4v) is 3.09. The van der Waals surface area contributed by atoms with Crippen molar-refractivity contribution in [3.05, 3.63) is 77.4 Å². The molecule has 0 aliphatic heterocycles. The van der Waals surface area contributed by atoms with Crippen LogP contribution in [-0.2, 0) is 19.6 Å². The van der Waals surface area contributed by atoms with Gasteiger partial charge in [-0.3, -0.25) is 4.79 Å². The van der Waals surface area contributed by atoms with E-state index >= 15 is 0 Å². The molecule has 1 N–H and O–H groups in total. The molecule has 1 aromatic heterocycles. The third-order valence-electron chi connectivity index (χ3n) is 4.33. The molecular formula is C22H16F4N2O. The normalized spacial score (nSPS) is 11.2. The van der Waals surface area contributed by atoms with Crippen LogP contribution in [0.15, 0.2) is 54.9 Å². The van der Waals surface area contributed by atoms with Crippen molar-refractivity contribution in [2.75, 3.05) is 5.32 Å². The van der Waals surface area contributed by atoms with E-state index in [0.717, 1.165) is 12.4 Å². The molecule has 0 radical (unpaired) electrons. The molecule has 0 unspecified atom stereocenters. The molecule has 148 valence electrons. The molecule has 3 rings (SSSR count). The van der Waals surface area contributed by atoms with Gasteiger partial charge in [-0.25, -0.2) is 4.39 Å². The Morgan fingerprint density at radius 1 is 1.14 bits per heavy atom. The molecule has 1 heterocycles. The minimum absolute atomic E-state index is 0.159. The number of alkyl halides is 3. The van der Waals surface area contributed by atoms with E-state index < -0.39 is 29.0 Å². The summed E-state index contributed by atoms with van der Waals surface area (Å²) in [6, 6.07) is 10.7. The lowest BCUT2D eigenvalue weighted by Gasteiger charge is -2.15. The number of carbonyl (C=O) groups excluding carboxylic acids is 1. The summed E-state index contributed by atoms with van der Waals surface area (Å²) in [5.41, 5.74) is 0.423. The second-order valence-corrected chi connectivity index (χ2v) is 6.43. The largest absolute Gasteiger partial charge is 0.418 e. The first-order chi connectivity index (χ1) is 13.7. The number of carbonyl (C=O) groups is 1. The molecule has 0 saturated heterocycles. The van der Waals surface area contributed by atoms with Crippen molar-refractivity contribution in [3.63, 3.8) is 0 Å². The van der Waals surface area contributed by atoms with E-state index in [0.29, 0.717) is 22.4 Å². The van der Waals surface area contributed by atoms with Crippen LogP contribution in [-0.4, -0.2) is 10.5 Å². The number of nitrogens with one attached hydrogen (secondary N) is 1. The lowest BCUT2D eigenvalue weighted by atomic mass is 9.96. The first kappa shape index (κ1) is 20.2. The second kappa shape index (κ2) is 7.84. The van der Waals surface area contributed by atoms with Crippen LogP contribution in [0, 0.1) is 18.2 Å². The summed E-state index contributed by atoms with van der Waals surface area (Å²) in [6.07, 6.45) is 2.82. The highest BCUT2D eigenvalue weighted by Gasteiger charge is 2.36. The summed E-state index contributed by atoms with van der Waals surface area (Å²) in [7, 11) is 1.41. The van der Waals surface area contributed by atoms with Crippen molar-refractivity contribution in [1.82, 2.24) is 4.57 Å². The second-order valence-electron chi connectivity index (χ2n) is 6.43. The molecule has 0 fully saturated rings. The fraction of sp³-hybridized carbons (Fsp3) is 0.136. The maximum absolute atomic E-state index is 13.6. The van der Waals surface area contributed by atoms with Gasteiger partial charge in [-0.2, -0.15) is 13.2 Å². The predicted octanol–water partition coefficient (Wildman–Crippen LogP) is 5.28. The lowest BCUT2D eigenvalue weighted by molar-refractivity contribution is -0.137. The molecule has 3 aromatic rings. The summed E-state index contributed by atoms with van der Waals surface area (Å²) in [5, 5.41) is 2.54. The predicted molar refractivity (Wildman–Crippen MR) is 103 cm³/mol. The zero-order valence-electron chi connectivity index (χ0n) is 15.3. The van der Waals surface area contributed by atoms with Gasteiger partial charge in [-0.05, 0) is 29.3 Å². The minimum atomic E-state index is -4.66. The number of para-hydroxylation sites is 1. The Kier molecular flexibility index (Phi) is 5.46. The average molecular weight is 400 g/mol. The van der Waals surface area contributed by atoms with Gasteiger partial charge >= 0.3 is 6.18 Å². The minimum Gasteiger partial charge on any atom is -0.356 e. The van der Waals surface area contributed by atoms with E-state index in [1.54, 1.807) is 24.3 Å². The number of amides is 1. The van der Waals surface area contributed by atoms with Gasteiger partial charge in [0.2, 0.25) is 0 Å². The fourth-order valence-electron chi connectivity index (χ4n) is 3.09. The molecule has 0 aliphatic rings. The molecule has 7 heteroatoms. The monoisotopic (exact) mass is 400 g/mol. The molecular weight excluding hydrogens is 384 g/mol. The molecule has 3 nitrogen and oxygen atoms in total. The van der Waals surface area contributed by atoms with Crippen LogP contribution >= 0.6 is 0 Å². The van der Waals surface area contributed by atoms with E-state index in [-0.39, 0.29) is 6.42 Å². The molecule has 29 heavy (non-hydrogen) atoms. The van der Waals surface area contributed by atoms with E-state index in [1.807, 2.05) is 0 Å². The van der Waals surface area contributed by atoms with Crippen molar-refractivity contribution in [3.8, 4) is 23.5 Å². The van der Waals surface area contributed by atoms with E-state index in [1.165, 1.54) is 29.8 Å². The SMILES string of the molecule is C#CCc1cc(F)ccc1-c1ccccc1NC(=O)c1cn(C)cc1C(F)(F)F. The summed E-state index contributed by atoms with van der Waals surface area (Å²) < 4.78 is 54.5. The number of terminal acetylenes is 1. The number of aromatic nitrogens is 1. The zero-order valence-corrected chi connectivity index (χ0v) is 15.3. The zero-order chi connectivity index (χ0) is 21.2. The third kappa shape index (κ3) is 4.32. The summed E-state index contributed by atoms with van der Waals surface area (Å²) in [6.45, 7) is 0. The molecule has 2 aromatic carbocycles. The summed E-state index contributed by atoms with van der Waals surface area (Å²) >= 11 is 0. The van der Waals surface area contributed by atoms with Gasteiger partial charge in [0.25, 0.3) is 5.91 Å². The molecule has 0 saturated carbocycles. The first-order valence-corrected chi connectivity index (χ1v) is 8.56.